The molecule has 9 nitrogen and oxygen atoms in total. The lowest BCUT2D eigenvalue weighted by Gasteiger charge is -2.25. The number of aromatic nitrogens is 3. The van der Waals surface area contributed by atoms with Gasteiger partial charge < -0.3 is 20.3 Å². The molecule has 2 N–H and O–H groups in total. The Morgan fingerprint density at radius 2 is 2.05 bits per heavy atom. The summed E-state index contributed by atoms with van der Waals surface area (Å²) in [6.45, 7) is 2.30. The van der Waals surface area contributed by atoms with E-state index in [-0.39, 0.29) is 17.2 Å². The van der Waals surface area contributed by atoms with Crippen molar-refractivity contribution in [3.05, 3.63) is 71.1 Å². The molecule has 0 unspecified atom stereocenters. The molecule has 0 saturated carbocycles. The number of imidazole rings is 1. The normalized spacial score (nSPS) is 13.6. The molecule has 3 heterocycles. The molecule has 1 aliphatic heterocycles. The van der Waals surface area contributed by atoms with E-state index < -0.39 is 18.2 Å². The number of amides is 1. The number of hydrogen-bond acceptors (Lipinski definition) is 7. The van der Waals surface area contributed by atoms with Crippen molar-refractivity contribution in [1.29, 1.82) is 5.26 Å². The maximum absolute atomic E-state index is 14.9. The number of anilines is 2. The number of nitriles is 1. The van der Waals surface area contributed by atoms with Gasteiger partial charge in [-0.3, -0.25) is 9.20 Å². The van der Waals surface area contributed by atoms with Crippen LogP contribution >= 0.6 is 11.6 Å². The fourth-order valence-electron chi connectivity index (χ4n) is 4.91. The molecule has 0 radical (unpaired) electrons. The molecule has 41 heavy (non-hydrogen) atoms. The predicted octanol–water partition coefficient (Wildman–Crippen LogP) is 5.44. The van der Waals surface area contributed by atoms with Crippen LogP contribution in [0.15, 0.2) is 48.9 Å². The Hall–Kier alpha value is -4.27. The highest BCUT2D eigenvalue weighted by Crippen LogP contribution is 2.32. The van der Waals surface area contributed by atoms with Crippen LogP contribution < -0.4 is 15.4 Å². The van der Waals surface area contributed by atoms with Gasteiger partial charge in [0.05, 0.1) is 22.5 Å². The molecular weight excluding hydrogens is 552 g/mol. The van der Waals surface area contributed by atoms with Gasteiger partial charge in [0.1, 0.15) is 6.07 Å². The lowest BCUT2D eigenvalue weighted by molar-refractivity contribution is 0.0784. The van der Waals surface area contributed by atoms with E-state index in [0.717, 1.165) is 32.4 Å². The topological polar surface area (TPSA) is 108 Å². The van der Waals surface area contributed by atoms with Gasteiger partial charge in [0.2, 0.25) is 5.82 Å². The Morgan fingerprint density at radius 1 is 1.24 bits per heavy atom. The molecule has 1 saturated heterocycles. The molecule has 1 fully saturated rings. The number of nitrogens with zero attached hydrogens (tertiary/aromatic N) is 5. The van der Waals surface area contributed by atoms with Crippen molar-refractivity contribution in [2.75, 3.05) is 38.6 Å². The van der Waals surface area contributed by atoms with E-state index in [4.69, 9.17) is 21.6 Å². The predicted molar refractivity (Wildman–Crippen MR) is 151 cm³/mol. The molecule has 212 valence electrons. The lowest BCUT2D eigenvalue weighted by atomic mass is 9.94. The maximum atomic E-state index is 14.9. The van der Waals surface area contributed by atoms with Crippen molar-refractivity contribution in [3.8, 4) is 23.1 Å². The van der Waals surface area contributed by atoms with Gasteiger partial charge in [-0.25, -0.2) is 14.4 Å². The zero-order valence-corrected chi connectivity index (χ0v) is 23.1. The average molecular weight is 580 g/mol. The van der Waals surface area contributed by atoms with E-state index in [0.29, 0.717) is 45.9 Å². The third kappa shape index (κ3) is 6.09. The number of benzene rings is 2. The number of hydrogen-bond donors (Lipinski definition) is 2. The Bertz CT molecular complexity index is 1610. The fraction of sp³-hybridized carbons (Fsp3) is 0.310. The summed E-state index contributed by atoms with van der Waals surface area (Å²) in [6.07, 6.45) is 7.69. The number of fused-ring (bicyclic) bond motifs is 1. The molecule has 0 atom stereocenters. The summed E-state index contributed by atoms with van der Waals surface area (Å²) in [5.41, 5.74) is 1.59. The molecule has 1 aliphatic rings. The maximum Gasteiger partial charge on any atom is 0.255 e. The van der Waals surface area contributed by atoms with Crippen LogP contribution in [0.5, 0.6) is 5.75 Å². The van der Waals surface area contributed by atoms with E-state index >= 15 is 0 Å². The summed E-state index contributed by atoms with van der Waals surface area (Å²) in [4.78, 5) is 23.5. The zero-order valence-electron chi connectivity index (χ0n) is 22.3. The van der Waals surface area contributed by atoms with Crippen molar-refractivity contribution >= 4 is 34.7 Å². The van der Waals surface area contributed by atoms with E-state index in [1.54, 1.807) is 46.8 Å². The first-order valence-corrected chi connectivity index (χ1v) is 13.6. The van der Waals surface area contributed by atoms with Crippen LogP contribution in [0, 0.1) is 28.9 Å². The number of halogens is 3. The van der Waals surface area contributed by atoms with Crippen LogP contribution in [0.3, 0.4) is 0 Å². The Morgan fingerprint density at radius 3 is 2.80 bits per heavy atom. The highest BCUT2D eigenvalue weighted by molar-refractivity contribution is 6.34. The molecular formula is C29H28ClF2N7O2. The van der Waals surface area contributed by atoms with Crippen LogP contribution in [-0.2, 0) is 0 Å². The second-order valence-electron chi connectivity index (χ2n) is 9.83. The third-order valence-corrected chi connectivity index (χ3v) is 7.50. The minimum absolute atomic E-state index is 0.0355. The monoisotopic (exact) mass is 579 g/mol. The first-order valence-electron chi connectivity index (χ1n) is 13.2. The second-order valence-corrected chi connectivity index (χ2v) is 10.2. The van der Waals surface area contributed by atoms with Crippen molar-refractivity contribution in [1.82, 2.24) is 24.6 Å². The SMILES string of the molecule is CN(CCC1CCNCC1)C(=O)c1ccc(Nc2nccn3c(-c4ccc(OCC#N)c(F)c4F)cnc23)cc1Cl. The lowest BCUT2D eigenvalue weighted by Crippen LogP contribution is -2.32. The zero-order chi connectivity index (χ0) is 28.9. The summed E-state index contributed by atoms with van der Waals surface area (Å²) in [5.74, 6) is -1.85. The van der Waals surface area contributed by atoms with Crippen LogP contribution in [0.4, 0.5) is 20.3 Å². The Labute approximate surface area is 240 Å². The number of carbonyl (C=O) groups is 1. The van der Waals surface area contributed by atoms with Gasteiger partial charge in [-0.15, -0.1) is 0 Å². The van der Waals surface area contributed by atoms with Gasteiger partial charge in [-0.2, -0.15) is 9.65 Å². The molecule has 0 bridgehead atoms. The van der Waals surface area contributed by atoms with Crippen LogP contribution in [0.1, 0.15) is 29.6 Å². The van der Waals surface area contributed by atoms with Crippen molar-refractivity contribution in [3.63, 3.8) is 0 Å². The second kappa shape index (κ2) is 12.5. The number of rotatable bonds is 9. The number of carbonyl (C=O) groups excluding carboxylic acids is 1. The van der Waals surface area contributed by atoms with E-state index in [9.17, 15) is 13.6 Å². The molecule has 2 aromatic heterocycles. The summed E-state index contributed by atoms with van der Waals surface area (Å²) in [6, 6.07) is 9.38. The summed E-state index contributed by atoms with van der Waals surface area (Å²) in [7, 11) is 1.79. The molecule has 12 heteroatoms. The highest BCUT2D eigenvalue weighted by atomic mass is 35.5. The van der Waals surface area contributed by atoms with Gasteiger partial charge in [-0.05, 0) is 68.6 Å². The summed E-state index contributed by atoms with van der Waals surface area (Å²) >= 11 is 6.52. The summed E-state index contributed by atoms with van der Waals surface area (Å²) in [5, 5.41) is 15.4. The van der Waals surface area contributed by atoms with Gasteiger partial charge in [0.15, 0.2) is 29.6 Å². The minimum Gasteiger partial charge on any atom is -0.476 e. The first-order chi connectivity index (χ1) is 19.9. The largest absolute Gasteiger partial charge is 0.476 e. The number of piperidine rings is 1. The van der Waals surface area contributed by atoms with E-state index in [2.05, 4.69) is 20.6 Å². The third-order valence-electron chi connectivity index (χ3n) is 7.18. The van der Waals surface area contributed by atoms with Crippen LogP contribution in [-0.4, -0.2) is 58.5 Å². The van der Waals surface area contributed by atoms with Crippen molar-refractivity contribution in [2.24, 2.45) is 5.92 Å². The number of nitrogens with one attached hydrogen (secondary N) is 2. The molecule has 2 aromatic carbocycles. The molecule has 0 spiro atoms. The molecule has 5 rings (SSSR count). The molecule has 4 aromatic rings. The van der Waals surface area contributed by atoms with Gasteiger partial charge in [0.25, 0.3) is 5.91 Å². The average Bonchev–Trinajstić information content (AvgIpc) is 3.42. The van der Waals surface area contributed by atoms with Crippen molar-refractivity contribution in [2.45, 2.75) is 19.3 Å². The number of ether oxygens (including phenoxy) is 1. The van der Waals surface area contributed by atoms with E-state index in [1.807, 2.05) is 0 Å². The quantitative estimate of drug-likeness (QED) is 0.272. The van der Waals surface area contributed by atoms with Gasteiger partial charge in [-0.1, -0.05) is 11.6 Å². The summed E-state index contributed by atoms with van der Waals surface area (Å²) < 4.78 is 36.0. The first kappa shape index (κ1) is 28.3. The Balaban J connectivity index is 1.33. The van der Waals surface area contributed by atoms with Crippen LogP contribution in [0.2, 0.25) is 5.02 Å². The van der Waals surface area contributed by atoms with Crippen LogP contribution in [0.25, 0.3) is 16.9 Å². The minimum atomic E-state index is -1.19. The van der Waals surface area contributed by atoms with Crippen molar-refractivity contribution < 1.29 is 18.3 Å². The standard InChI is InChI=1S/C29H28ClF2N7O2/c1-38(13-8-18-6-10-34-11-7-18)29(40)20-3-2-19(16-22(20)30)37-27-28-36-17-23(39(28)14-12-35-27)21-4-5-24(41-15-9-33)26(32)25(21)31/h2-5,12,14,16-18,34H,6-8,10-11,13,15H2,1H3,(H,35,37). The van der Waals surface area contributed by atoms with Gasteiger partial charge >= 0.3 is 0 Å². The fourth-order valence-corrected chi connectivity index (χ4v) is 5.18. The highest BCUT2D eigenvalue weighted by Gasteiger charge is 2.21. The van der Waals surface area contributed by atoms with Gasteiger partial charge in [0, 0.05) is 37.2 Å². The smallest absolute Gasteiger partial charge is 0.255 e. The molecule has 1 amide bonds. The Kier molecular flexibility index (Phi) is 8.61. The molecule has 0 aliphatic carbocycles. The van der Waals surface area contributed by atoms with E-state index in [1.165, 1.54) is 24.5 Å².